The van der Waals surface area contributed by atoms with Gasteiger partial charge >= 0.3 is 0 Å². The van der Waals surface area contributed by atoms with E-state index in [2.05, 4.69) is 0 Å². The van der Waals surface area contributed by atoms with Gasteiger partial charge in [-0.1, -0.05) is 29.3 Å². The summed E-state index contributed by atoms with van der Waals surface area (Å²) in [5.74, 6) is 0. The second-order valence-electron chi connectivity index (χ2n) is 3.33. The highest BCUT2D eigenvalue weighted by Gasteiger charge is 2.21. The van der Waals surface area contributed by atoms with Crippen LogP contribution in [0.15, 0.2) is 39.1 Å². The summed E-state index contributed by atoms with van der Waals surface area (Å²) in [5, 5.41) is 8.60. The lowest BCUT2D eigenvalue weighted by Crippen LogP contribution is -2.02. The molecule has 0 fully saturated rings. The zero-order valence-corrected chi connectivity index (χ0v) is 10.4. The molecule has 0 aliphatic carbocycles. The Hall–Kier alpha value is -1.31. The molecule has 0 heterocycles. The number of benzene rings is 1. The van der Waals surface area contributed by atoms with Gasteiger partial charge in [-0.2, -0.15) is 5.26 Å². The average molecular weight is 256 g/mol. The Morgan fingerprint density at radius 1 is 1.31 bits per heavy atom. The van der Waals surface area contributed by atoms with Crippen LogP contribution in [-0.2, 0) is 9.84 Å². The molecule has 16 heavy (non-hydrogen) atoms. The molecule has 0 bridgehead atoms. The number of nitrogens with zero attached hydrogens (tertiary/aromatic N) is 1. The van der Waals surface area contributed by atoms with Gasteiger partial charge in [0.1, 0.15) is 0 Å². The molecular formula is C11H10ClNO2S. The van der Waals surface area contributed by atoms with Gasteiger partial charge in [0.25, 0.3) is 0 Å². The van der Waals surface area contributed by atoms with E-state index in [1.807, 2.05) is 6.92 Å². The summed E-state index contributed by atoms with van der Waals surface area (Å²) in [4.78, 5) is 0.0951. The fourth-order valence-electron chi connectivity index (χ4n) is 1.07. The van der Waals surface area contributed by atoms with Crippen molar-refractivity contribution in [3.8, 4) is 6.07 Å². The minimum absolute atomic E-state index is 0.0118. The summed E-state index contributed by atoms with van der Waals surface area (Å²) in [6.45, 7) is 3.22. The number of sulfone groups is 1. The summed E-state index contributed by atoms with van der Waals surface area (Å²) in [6, 6.07) is 8.02. The highest BCUT2D eigenvalue weighted by molar-refractivity contribution is 7.97. The van der Waals surface area contributed by atoms with Crippen LogP contribution in [0.25, 0.3) is 0 Å². The number of nitriles is 1. The van der Waals surface area contributed by atoms with Gasteiger partial charge in [-0.3, -0.25) is 0 Å². The largest absolute Gasteiger partial charge is 0.218 e. The smallest absolute Gasteiger partial charge is 0.218 e. The van der Waals surface area contributed by atoms with E-state index >= 15 is 0 Å². The van der Waals surface area contributed by atoms with Crippen LogP contribution >= 0.6 is 11.6 Å². The predicted molar refractivity (Wildman–Crippen MR) is 62.5 cm³/mol. The molecule has 0 saturated carbocycles. The summed E-state index contributed by atoms with van der Waals surface area (Å²) < 4.78 is 23.4. The average Bonchev–Trinajstić information content (AvgIpc) is 2.27. The lowest BCUT2D eigenvalue weighted by Gasteiger charge is -2.03. The molecule has 1 aromatic carbocycles. The van der Waals surface area contributed by atoms with Crippen molar-refractivity contribution in [2.45, 2.75) is 18.7 Å². The molecule has 84 valence electrons. The second-order valence-corrected chi connectivity index (χ2v) is 5.82. The van der Waals surface area contributed by atoms with Gasteiger partial charge in [0.15, 0.2) is 4.36 Å². The van der Waals surface area contributed by atoms with Crippen LogP contribution in [0.2, 0.25) is 0 Å². The summed E-state index contributed by atoms with van der Waals surface area (Å²) >= 11 is 5.67. The number of aryl methyl sites for hydroxylation is 1. The summed E-state index contributed by atoms with van der Waals surface area (Å²) in [5.41, 5.74) is 0.943. The van der Waals surface area contributed by atoms with E-state index in [1.54, 1.807) is 18.2 Å². The Bertz CT molecular complexity index is 565. The molecule has 3 nitrogen and oxygen atoms in total. The van der Waals surface area contributed by atoms with Crippen LogP contribution in [0.3, 0.4) is 0 Å². The van der Waals surface area contributed by atoms with Gasteiger partial charge in [0.05, 0.1) is 16.5 Å². The summed E-state index contributed by atoms with van der Waals surface area (Å²) in [7, 11) is -3.74. The van der Waals surface area contributed by atoms with Gasteiger partial charge < -0.3 is 0 Å². The first-order valence-electron chi connectivity index (χ1n) is 4.48. The van der Waals surface area contributed by atoms with Crippen molar-refractivity contribution in [1.29, 1.82) is 5.26 Å². The SMILES string of the molecule is C/C(C#N)=C(\Cl)S(=O)(=O)c1ccc(C)cc1. The normalized spacial score (nSPS) is 12.9. The Morgan fingerprint density at radius 2 is 1.81 bits per heavy atom. The van der Waals surface area contributed by atoms with Crippen molar-refractivity contribution in [2.24, 2.45) is 0 Å². The topological polar surface area (TPSA) is 57.9 Å². The maximum Gasteiger partial charge on any atom is 0.218 e. The fraction of sp³-hybridized carbons (Fsp3) is 0.182. The Kier molecular flexibility index (Phi) is 3.74. The van der Waals surface area contributed by atoms with Gasteiger partial charge in [-0.25, -0.2) is 8.42 Å². The van der Waals surface area contributed by atoms with E-state index in [9.17, 15) is 8.42 Å². The Morgan fingerprint density at radius 3 is 2.25 bits per heavy atom. The van der Waals surface area contributed by atoms with E-state index in [0.717, 1.165) is 5.56 Å². The standard InChI is InChI=1S/C11H10ClNO2S/c1-8-3-5-10(6-4-8)16(14,15)11(12)9(2)7-13/h3-6H,1-2H3/b11-9-. The molecule has 1 aromatic rings. The predicted octanol–water partition coefficient (Wildman–Crippen LogP) is 2.76. The maximum absolute atomic E-state index is 11.9. The third-order valence-electron chi connectivity index (χ3n) is 2.03. The molecule has 1 rings (SSSR count). The van der Waals surface area contributed by atoms with Gasteiger partial charge in [-0.05, 0) is 26.0 Å². The molecule has 0 aliphatic heterocycles. The van der Waals surface area contributed by atoms with Gasteiger partial charge in [0.2, 0.25) is 9.84 Å². The van der Waals surface area contributed by atoms with Crippen LogP contribution in [0.1, 0.15) is 12.5 Å². The molecule has 0 spiro atoms. The van der Waals surface area contributed by atoms with E-state index in [4.69, 9.17) is 16.9 Å². The van der Waals surface area contributed by atoms with Crippen molar-refractivity contribution >= 4 is 21.4 Å². The van der Waals surface area contributed by atoms with Gasteiger partial charge in [-0.15, -0.1) is 0 Å². The monoisotopic (exact) mass is 255 g/mol. The van der Waals surface area contributed by atoms with Crippen molar-refractivity contribution in [2.75, 3.05) is 0 Å². The first-order chi connectivity index (χ1) is 7.39. The Labute approximate surface area is 99.9 Å². The molecule has 0 aliphatic rings. The molecular weight excluding hydrogens is 246 g/mol. The maximum atomic E-state index is 11.9. The molecule has 0 radical (unpaired) electrons. The molecule has 0 aromatic heterocycles. The van der Waals surface area contributed by atoms with Crippen molar-refractivity contribution in [3.05, 3.63) is 39.8 Å². The fourth-order valence-corrected chi connectivity index (χ4v) is 2.53. The Balaban J connectivity index is 3.35. The molecule has 5 heteroatoms. The van der Waals surface area contributed by atoms with Crippen LogP contribution in [0, 0.1) is 18.3 Å². The van der Waals surface area contributed by atoms with E-state index in [0.29, 0.717) is 0 Å². The lowest BCUT2D eigenvalue weighted by atomic mass is 10.2. The number of halogens is 1. The zero-order chi connectivity index (χ0) is 12.3. The number of hydrogen-bond donors (Lipinski definition) is 0. The van der Waals surface area contributed by atoms with Crippen molar-refractivity contribution in [1.82, 2.24) is 0 Å². The molecule has 0 unspecified atom stereocenters. The first kappa shape index (κ1) is 12.8. The second kappa shape index (κ2) is 4.69. The molecule has 0 N–H and O–H groups in total. The van der Waals surface area contributed by atoms with Crippen molar-refractivity contribution < 1.29 is 8.42 Å². The quantitative estimate of drug-likeness (QED) is 0.764. The van der Waals surface area contributed by atoms with Crippen LogP contribution in [-0.4, -0.2) is 8.42 Å². The number of rotatable bonds is 2. The molecule has 0 amide bonds. The molecule has 0 atom stereocenters. The van der Waals surface area contributed by atoms with Crippen LogP contribution < -0.4 is 0 Å². The van der Waals surface area contributed by atoms with Crippen molar-refractivity contribution in [3.63, 3.8) is 0 Å². The number of allylic oxidation sites excluding steroid dienone is 1. The third-order valence-corrected chi connectivity index (χ3v) is 4.59. The van der Waals surface area contributed by atoms with E-state index in [-0.39, 0.29) is 10.5 Å². The van der Waals surface area contributed by atoms with Crippen LogP contribution in [0.5, 0.6) is 0 Å². The van der Waals surface area contributed by atoms with E-state index in [1.165, 1.54) is 19.1 Å². The van der Waals surface area contributed by atoms with Crippen LogP contribution in [0.4, 0.5) is 0 Å². The highest BCUT2D eigenvalue weighted by atomic mass is 35.5. The zero-order valence-electron chi connectivity index (χ0n) is 8.86. The summed E-state index contributed by atoms with van der Waals surface area (Å²) in [6.07, 6.45) is 0. The lowest BCUT2D eigenvalue weighted by molar-refractivity contribution is 0.603. The van der Waals surface area contributed by atoms with Gasteiger partial charge in [0, 0.05) is 0 Å². The number of hydrogen-bond acceptors (Lipinski definition) is 3. The van der Waals surface area contributed by atoms with E-state index < -0.39 is 14.2 Å². The third kappa shape index (κ3) is 2.43. The first-order valence-corrected chi connectivity index (χ1v) is 6.34. The highest BCUT2D eigenvalue weighted by Crippen LogP contribution is 2.25. The molecule has 0 saturated heterocycles. The minimum Gasteiger partial charge on any atom is -0.218 e. The minimum atomic E-state index is -3.74.